The highest BCUT2D eigenvalue weighted by atomic mass is 32.1. The fourth-order valence-electron chi connectivity index (χ4n) is 1.81. The van der Waals surface area contributed by atoms with Gasteiger partial charge in [0.25, 0.3) is 0 Å². The highest BCUT2D eigenvalue weighted by Crippen LogP contribution is 2.23. The average molecular weight is 202 g/mol. The van der Waals surface area contributed by atoms with Gasteiger partial charge in [-0.05, 0) is 32.5 Å². The van der Waals surface area contributed by atoms with Gasteiger partial charge in [0.2, 0.25) is 0 Å². The molecule has 0 amide bonds. The Morgan fingerprint density at radius 2 is 2.38 bits per heavy atom. The molecular formula is C9H18N2OS. The van der Waals surface area contributed by atoms with Crippen LogP contribution in [0.3, 0.4) is 0 Å². The molecule has 0 aliphatic carbocycles. The van der Waals surface area contributed by atoms with Gasteiger partial charge in [-0.15, -0.1) is 0 Å². The van der Waals surface area contributed by atoms with E-state index in [4.69, 9.17) is 12.2 Å². The Morgan fingerprint density at radius 1 is 1.77 bits per heavy atom. The van der Waals surface area contributed by atoms with Crippen LogP contribution < -0.4 is 5.32 Å². The number of rotatable bonds is 2. The lowest BCUT2D eigenvalue weighted by Gasteiger charge is -2.45. The van der Waals surface area contributed by atoms with Crippen molar-refractivity contribution in [3.63, 3.8) is 0 Å². The normalized spacial score (nSPS) is 34.6. The summed E-state index contributed by atoms with van der Waals surface area (Å²) < 4.78 is 0. The van der Waals surface area contributed by atoms with Gasteiger partial charge in [0.05, 0.1) is 0 Å². The van der Waals surface area contributed by atoms with Crippen molar-refractivity contribution >= 4 is 17.3 Å². The van der Waals surface area contributed by atoms with Crippen LogP contribution in [0.4, 0.5) is 0 Å². The fraction of sp³-hybridized carbons (Fsp3) is 0.889. The summed E-state index contributed by atoms with van der Waals surface area (Å²) in [5.41, 5.74) is -0.780. The lowest BCUT2D eigenvalue weighted by atomic mass is 10.0. The molecule has 0 aromatic carbocycles. The topological polar surface area (TPSA) is 35.5 Å². The summed E-state index contributed by atoms with van der Waals surface area (Å²) in [7, 11) is 0. The molecule has 4 heteroatoms. The van der Waals surface area contributed by atoms with E-state index in [0.29, 0.717) is 11.5 Å². The van der Waals surface area contributed by atoms with E-state index in [1.807, 2.05) is 18.7 Å². The molecule has 0 aromatic heterocycles. The van der Waals surface area contributed by atoms with E-state index in [1.54, 1.807) is 0 Å². The largest absolute Gasteiger partial charge is 0.371 e. The van der Waals surface area contributed by atoms with Gasteiger partial charge >= 0.3 is 0 Å². The van der Waals surface area contributed by atoms with Crippen LogP contribution in [0, 0.1) is 0 Å². The van der Waals surface area contributed by atoms with E-state index in [1.165, 1.54) is 0 Å². The summed E-state index contributed by atoms with van der Waals surface area (Å²) >= 11 is 5.17. The summed E-state index contributed by atoms with van der Waals surface area (Å²) in [6.07, 6.45) is 1.71. The van der Waals surface area contributed by atoms with E-state index in [9.17, 15) is 5.11 Å². The molecule has 0 radical (unpaired) electrons. The van der Waals surface area contributed by atoms with Crippen molar-refractivity contribution in [2.75, 3.05) is 6.54 Å². The van der Waals surface area contributed by atoms with Gasteiger partial charge in [-0.3, -0.25) is 0 Å². The quantitative estimate of drug-likeness (QED) is 0.657. The van der Waals surface area contributed by atoms with Crippen molar-refractivity contribution in [1.82, 2.24) is 10.2 Å². The summed E-state index contributed by atoms with van der Waals surface area (Å²) in [5.74, 6) is 0. The summed E-state index contributed by atoms with van der Waals surface area (Å²) in [6.45, 7) is 6.75. The standard InChI is InChI=1S/C9H18N2OS/c1-4-5-11-8(13)10-7(2)6-9(11,3)12/h7,12H,4-6H2,1-3H3,(H,10,13). The van der Waals surface area contributed by atoms with Crippen molar-refractivity contribution in [2.45, 2.75) is 45.4 Å². The lowest BCUT2D eigenvalue weighted by molar-refractivity contribution is -0.0757. The monoisotopic (exact) mass is 202 g/mol. The fourth-order valence-corrected chi connectivity index (χ4v) is 2.30. The second kappa shape index (κ2) is 3.80. The van der Waals surface area contributed by atoms with E-state index in [-0.39, 0.29) is 6.04 Å². The number of thiocarbonyl (C=S) groups is 1. The number of nitrogens with zero attached hydrogens (tertiary/aromatic N) is 1. The van der Waals surface area contributed by atoms with Crippen LogP contribution in [0.15, 0.2) is 0 Å². The van der Waals surface area contributed by atoms with Crippen LogP contribution in [-0.4, -0.2) is 33.4 Å². The van der Waals surface area contributed by atoms with E-state index >= 15 is 0 Å². The van der Waals surface area contributed by atoms with Crippen molar-refractivity contribution < 1.29 is 5.11 Å². The highest BCUT2D eigenvalue weighted by Gasteiger charge is 2.36. The first kappa shape index (κ1) is 10.7. The first-order chi connectivity index (χ1) is 5.97. The molecule has 1 fully saturated rings. The molecule has 13 heavy (non-hydrogen) atoms. The maximum Gasteiger partial charge on any atom is 0.171 e. The molecule has 0 aromatic rings. The van der Waals surface area contributed by atoms with E-state index in [0.717, 1.165) is 13.0 Å². The van der Waals surface area contributed by atoms with E-state index < -0.39 is 5.72 Å². The lowest BCUT2D eigenvalue weighted by Crippen LogP contribution is -2.62. The number of hydrogen-bond donors (Lipinski definition) is 2. The zero-order chi connectivity index (χ0) is 10.1. The second-order valence-electron chi connectivity index (χ2n) is 3.92. The molecule has 2 N–H and O–H groups in total. The van der Waals surface area contributed by atoms with Crippen molar-refractivity contribution in [3.8, 4) is 0 Å². The minimum absolute atomic E-state index is 0.260. The Labute approximate surface area is 85.1 Å². The molecule has 1 aliphatic rings. The maximum absolute atomic E-state index is 10.1. The van der Waals surface area contributed by atoms with Crippen LogP contribution in [0.5, 0.6) is 0 Å². The van der Waals surface area contributed by atoms with Crippen LogP contribution >= 0.6 is 12.2 Å². The molecule has 2 unspecified atom stereocenters. The summed E-state index contributed by atoms with van der Waals surface area (Å²) in [4.78, 5) is 1.86. The molecule has 1 heterocycles. The van der Waals surface area contributed by atoms with Crippen molar-refractivity contribution in [2.24, 2.45) is 0 Å². The molecule has 1 aliphatic heterocycles. The molecule has 0 bridgehead atoms. The van der Waals surface area contributed by atoms with Gasteiger partial charge in [-0.1, -0.05) is 6.92 Å². The second-order valence-corrected chi connectivity index (χ2v) is 4.31. The first-order valence-electron chi connectivity index (χ1n) is 4.78. The molecule has 0 saturated carbocycles. The third kappa shape index (κ3) is 2.31. The van der Waals surface area contributed by atoms with Gasteiger partial charge in [0, 0.05) is 19.0 Å². The molecule has 3 nitrogen and oxygen atoms in total. The van der Waals surface area contributed by atoms with Crippen molar-refractivity contribution in [1.29, 1.82) is 0 Å². The number of aliphatic hydroxyl groups is 1. The van der Waals surface area contributed by atoms with Crippen LogP contribution in [-0.2, 0) is 0 Å². The zero-order valence-corrected chi connectivity index (χ0v) is 9.32. The molecular weight excluding hydrogens is 184 g/mol. The minimum atomic E-state index is -0.780. The van der Waals surface area contributed by atoms with Gasteiger partial charge in [0.1, 0.15) is 5.72 Å². The molecule has 0 spiro atoms. The van der Waals surface area contributed by atoms with Gasteiger partial charge in [-0.25, -0.2) is 0 Å². The number of nitrogens with one attached hydrogen (secondary N) is 1. The molecule has 76 valence electrons. The van der Waals surface area contributed by atoms with Gasteiger partial charge < -0.3 is 15.3 Å². The zero-order valence-electron chi connectivity index (χ0n) is 8.50. The van der Waals surface area contributed by atoms with Crippen molar-refractivity contribution in [3.05, 3.63) is 0 Å². The van der Waals surface area contributed by atoms with Crippen LogP contribution in [0.25, 0.3) is 0 Å². The Kier molecular flexibility index (Phi) is 3.14. The SMILES string of the molecule is CCCN1C(=S)NC(C)CC1(C)O. The molecule has 1 rings (SSSR count). The third-order valence-corrected chi connectivity index (χ3v) is 2.67. The maximum atomic E-state index is 10.1. The smallest absolute Gasteiger partial charge is 0.171 e. The minimum Gasteiger partial charge on any atom is -0.371 e. The Bertz CT molecular complexity index is 206. The molecule has 1 saturated heterocycles. The third-order valence-electron chi connectivity index (χ3n) is 2.34. The Balaban J connectivity index is 2.73. The predicted molar refractivity (Wildman–Crippen MR) is 57.4 cm³/mol. The van der Waals surface area contributed by atoms with Crippen LogP contribution in [0.1, 0.15) is 33.6 Å². The molecule has 2 atom stereocenters. The summed E-state index contributed by atoms with van der Waals surface area (Å²) in [5, 5.41) is 13.9. The van der Waals surface area contributed by atoms with E-state index in [2.05, 4.69) is 12.2 Å². The van der Waals surface area contributed by atoms with Gasteiger partial charge in [-0.2, -0.15) is 0 Å². The Morgan fingerprint density at radius 3 is 2.85 bits per heavy atom. The van der Waals surface area contributed by atoms with Crippen LogP contribution in [0.2, 0.25) is 0 Å². The number of hydrogen-bond acceptors (Lipinski definition) is 2. The predicted octanol–water partition coefficient (Wildman–Crippen LogP) is 1.07. The summed E-state index contributed by atoms with van der Waals surface area (Å²) in [6, 6.07) is 0.260. The van der Waals surface area contributed by atoms with Gasteiger partial charge in [0.15, 0.2) is 5.11 Å². The first-order valence-corrected chi connectivity index (χ1v) is 5.18. The Hall–Kier alpha value is -0.350. The average Bonchev–Trinajstić information content (AvgIpc) is 1.95. The highest BCUT2D eigenvalue weighted by molar-refractivity contribution is 7.80.